The summed E-state index contributed by atoms with van der Waals surface area (Å²) in [4.78, 5) is 0. The highest BCUT2D eigenvalue weighted by molar-refractivity contribution is 5.70. The van der Waals surface area contributed by atoms with Crippen LogP contribution in [0.5, 0.6) is 0 Å². The van der Waals surface area contributed by atoms with Crippen molar-refractivity contribution in [1.29, 1.82) is 0 Å². The number of hydrogen-bond donors (Lipinski definition) is 0. The Balaban J connectivity index is 1.32. The molecule has 0 amide bonds. The Hall–Kier alpha value is -1.57. The summed E-state index contributed by atoms with van der Waals surface area (Å²) < 4.78 is 2.19. The van der Waals surface area contributed by atoms with E-state index in [0.717, 1.165) is 53.2 Å². The van der Waals surface area contributed by atoms with Crippen LogP contribution in [0.1, 0.15) is 97.5 Å². The van der Waals surface area contributed by atoms with Gasteiger partial charge in [0.05, 0.1) is 6.20 Å². The molecule has 9 atom stereocenters. The summed E-state index contributed by atoms with van der Waals surface area (Å²) in [5, 5.41) is 4.73. The molecule has 1 aromatic heterocycles. The number of fused-ring (bicyclic) bond motifs is 5. The van der Waals surface area contributed by atoms with E-state index in [0.29, 0.717) is 16.7 Å². The molecule has 4 fully saturated rings. The van der Waals surface area contributed by atoms with Crippen LogP contribution >= 0.6 is 0 Å². The van der Waals surface area contributed by atoms with Gasteiger partial charge in [0.25, 0.3) is 0 Å². The van der Waals surface area contributed by atoms with Crippen LogP contribution in [0.2, 0.25) is 0 Å². The SMILES string of the molecule is C=C[C@]12CC[C@@H]3C(CC[C@@]4(C)C3CCCC4[C@@H](C)Cn3cc(C(=C)/C=C/C)cn3)[C@H]1CC[C@H](C)C2. The predicted molar refractivity (Wildman–Crippen MR) is 149 cm³/mol. The van der Waals surface area contributed by atoms with Crippen LogP contribution < -0.4 is 0 Å². The van der Waals surface area contributed by atoms with Crippen LogP contribution in [0.4, 0.5) is 0 Å². The molecule has 3 unspecified atom stereocenters. The number of rotatable bonds is 6. The normalized spacial score (nSPS) is 42.1. The molecule has 0 radical (unpaired) electrons. The molecule has 5 rings (SSSR count). The minimum absolute atomic E-state index is 0.447. The van der Waals surface area contributed by atoms with E-state index >= 15 is 0 Å². The summed E-state index contributed by atoms with van der Waals surface area (Å²) >= 11 is 0. The molecule has 2 nitrogen and oxygen atoms in total. The third-order valence-electron chi connectivity index (χ3n) is 11.6. The lowest BCUT2D eigenvalue weighted by Crippen LogP contribution is -2.56. The van der Waals surface area contributed by atoms with Crippen molar-refractivity contribution in [3.63, 3.8) is 0 Å². The number of hydrogen-bond acceptors (Lipinski definition) is 1. The first-order valence-electron chi connectivity index (χ1n) is 14.8. The molecular weight excluding hydrogens is 424 g/mol. The van der Waals surface area contributed by atoms with Crippen LogP contribution in [0.25, 0.3) is 5.57 Å². The molecule has 4 aliphatic carbocycles. The quantitative estimate of drug-likeness (QED) is 0.297. The Kier molecular flexibility index (Phi) is 6.96. The molecular formula is C33H50N2. The summed E-state index contributed by atoms with van der Waals surface area (Å²) in [6.45, 7) is 19.4. The number of aromatic nitrogens is 2. The smallest absolute Gasteiger partial charge is 0.0568 e. The molecule has 1 heterocycles. The molecule has 35 heavy (non-hydrogen) atoms. The molecule has 0 bridgehead atoms. The van der Waals surface area contributed by atoms with Crippen LogP contribution in [-0.2, 0) is 6.54 Å². The highest BCUT2D eigenvalue weighted by Gasteiger charge is 2.58. The van der Waals surface area contributed by atoms with E-state index in [-0.39, 0.29) is 0 Å². The second kappa shape index (κ2) is 9.71. The van der Waals surface area contributed by atoms with Crippen molar-refractivity contribution in [3.8, 4) is 0 Å². The standard InChI is InChI=1S/C33H50N2/c1-7-10-24(4)26-20-34-35(22-26)21-25(5)29-11-9-12-30-27-16-18-33(8-2)19-23(3)13-14-31(33)28(27)15-17-32(29,30)6/h7-8,10,20,22-23,25,27-31H,2,4,9,11-19,21H2,1,3,5-6H3/b10-7+/t23-,25-,27+,28?,29?,30?,31+,32+,33+/m0/s1. The Morgan fingerprint density at radius 2 is 1.91 bits per heavy atom. The van der Waals surface area contributed by atoms with Crippen molar-refractivity contribution in [2.75, 3.05) is 0 Å². The first-order chi connectivity index (χ1) is 16.8. The van der Waals surface area contributed by atoms with E-state index in [1.165, 1.54) is 64.2 Å². The van der Waals surface area contributed by atoms with Gasteiger partial charge in [0.2, 0.25) is 0 Å². The lowest BCUT2D eigenvalue weighted by atomic mass is 9.41. The number of allylic oxidation sites excluding steroid dienone is 4. The first kappa shape index (κ1) is 25.1. The topological polar surface area (TPSA) is 17.8 Å². The second-order valence-electron chi connectivity index (χ2n) is 13.4. The molecule has 192 valence electrons. The molecule has 0 aliphatic heterocycles. The zero-order chi connectivity index (χ0) is 24.8. The highest BCUT2D eigenvalue weighted by Crippen LogP contribution is 2.66. The van der Waals surface area contributed by atoms with Crippen molar-refractivity contribution in [3.05, 3.63) is 49.3 Å². The molecule has 0 spiro atoms. The van der Waals surface area contributed by atoms with Crippen molar-refractivity contribution in [1.82, 2.24) is 9.78 Å². The second-order valence-corrected chi connectivity index (χ2v) is 13.4. The average Bonchev–Trinajstić information content (AvgIpc) is 3.31. The molecule has 2 heteroatoms. The fourth-order valence-corrected chi connectivity index (χ4v) is 10.1. The Morgan fingerprint density at radius 3 is 2.69 bits per heavy atom. The molecule has 1 aromatic rings. The van der Waals surface area contributed by atoms with Crippen LogP contribution in [0.3, 0.4) is 0 Å². The van der Waals surface area contributed by atoms with E-state index in [9.17, 15) is 0 Å². The van der Waals surface area contributed by atoms with E-state index in [4.69, 9.17) is 5.10 Å². The maximum Gasteiger partial charge on any atom is 0.0568 e. The van der Waals surface area contributed by atoms with Crippen LogP contribution in [0, 0.1) is 52.3 Å². The highest BCUT2D eigenvalue weighted by atomic mass is 15.3. The van der Waals surface area contributed by atoms with Gasteiger partial charge in [-0.15, -0.1) is 6.58 Å². The van der Waals surface area contributed by atoms with Gasteiger partial charge in [-0.05, 0) is 116 Å². The average molecular weight is 475 g/mol. The molecule has 4 aliphatic rings. The Morgan fingerprint density at radius 1 is 1.14 bits per heavy atom. The van der Waals surface area contributed by atoms with Gasteiger partial charge in [0.1, 0.15) is 0 Å². The van der Waals surface area contributed by atoms with Crippen LogP contribution in [-0.4, -0.2) is 9.78 Å². The fourth-order valence-electron chi connectivity index (χ4n) is 10.1. The fraction of sp³-hybridized carbons (Fsp3) is 0.727. The maximum atomic E-state index is 4.73. The minimum Gasteiger partial charge on any atom is -0.272 e. The largest absolute Gasteiger partial charge is 0.272 e. The Bertz CT molecular complexity index is 954. The van der Waals surface area contributed by atoms with E-state index in [2.05, 4.69) is 63.0 Å². The van der Waals surface area contributed by atoms with Gasteiger partial charge in [-0.1, -0.05) is 58.4 Å². The van der Waals surface area contributed by atoms with Gasteiger partial charge in [0.15, 0.2) is 0 Å². The lowest BCUT2D eigenvalue weighted by molar-refractivity contribution is -0.134. The van der Waals surface area contributed by atoms with Crippen LogP contribution in [0.15, 0.2) is 43.8 Å². The van der Waals surface area contributed by atoms with Gasteiger partial charge in [-0.2, -0.15) is 5.10 Å². The number of nitrogens with zero attached hydrogens (tertiary/aromatic N) is 2. The monoisotopic (exact) mass is 474 g/mol. The molecule has 0 aromatic carbocycles. The zero-order valence-corrected chi connectivity index (χ0v) is 23.0. The van der Waals surface area contributed by atoms with Gasteiger partial charge in [-0.3, -0.25) is 4.68 Å². The van der Waals surface area contributed by atoms with Crippen molar-refractivity contribution >= 4 is 5.57 Å². The van der Waals surface area contributed by atoms with Gasteiger partial charge in [-0.25, -0.2) is 0 Å². The minimum atomic E-state index is 0.447. The summed E-state index contributed by atoms with van der Waals surface area (Å²) in [6.07, 6.45) is 25.1. The van der Waals surface area contributed by atoms with Crippen molar-refractivity contribution in [2.45, 2.75) is 98.4 Å². The summed E-state index contributed by atoms with van der Waals surface area (Å²) in [5.74, 6) is 6.09. The predicted octanol–water partition coefficient (Wildman–Crippen LogP) is 8.96. The molecule has 0 saturated heterocycles. The van der Waals surface area contributed by atoms with Gasteiger partial charge >= 0.3 is 0 Å². The van der Waals surface area contributed by atoms with Gasteiger partial charge < -0.3 is 0 Å². The molecule has 4 saturated carbocycles. The van der Waals surface area contributed by atoms with E-state index < -0.39 is 0 Å². The summed E-state index contributed by atoms with van der Waals surface area (Å²) in [6, 6.07) is 0. The van der Waals surface area contributed by atoms with Crippen molar-refractivity contribution < 1.29 is 0 Å². The maximum absolute atomic E-state index is 4.73. The summed E-state index contributed by atoms with van der Waals surface area (Å²) in [7, 11) is 0. The first-order valence-corrected chi connectivity index (χ1v) is 14.8. The molecule has 0 N–H and O–H groups in total. The third kappa shape index (κ3) is 4.31. The Labute approximate surface area is 215 Å². The van der Waals surface area contributed by atoms with E-state index in [1.54, 1.807) is 0 Å². The lowest BCUT2D eigenvalue weighted by Gasteiger charge is -2.63. The van der Waals surface area contributed by atoms with Crippen molar-refractivity contribution in [2.24, 2.45) is 52.3 Å². The zero-order valence-electron chi connectivity index (χ0n) is 23.0. The van der Waals surface area contributed by atoms with Gasteiger partial charge in [0, 0.05) is 18.3 Å². The summed E-state index contributed by atoms with van der Waals surface area (Å²) in [5.41, 5.74) is 3.15. The third-order valence-corrected chi connectivity index (χ3v) is 11.6. The van der Waals surface area contributed by atoms with E-state index in [1.807, 2.05) is 13.1 Å².